The molecule has 3 aromatic rings. The van der Waals surface area contributed by atoms with Gasteiger partial charge in [0.25, 0.3) is 0 Å². The van der Waals surface area contributed by atoms with Crippen LogP contribution in [0.3, 0.4) is 0 Å². The number of esters is 2. The molecule has 1 heterocycles. The van der Waals surface area contributed by atoms with Crippen LogP contribution in [0.25, 0.3) is 0 Å². The number of aromatic nitrogens is 3. The Labute approximate surface area is 225 Å². The summed E-state index contributed by atoms with van der Waals surface area (Å²) in [4.78, 5) is 36.7. The van der Waals surface area contributed by atoms with Gasteiger partial charge in [0.05, 0.1) is 42.4 Å². The lowest BCUT2D eigenvalue weighted by Crippen LogP contribution is -2.18. The molecule has 1 amide bonds. The number of methoxy groups -OCH3 is 2. The molecule has 1 N–H and O–H groups in total. The summed E-state index contributed by atoms with van der Waals surface area (Å²) < 4.78 is 55.4. The van der Waals surface area contributed by atoms with Gasteiger partial charge in [0, 0.05) is 6.54 Å². The maximum absolute atomic E-state index is 13.0. The summed E-state index contributed by atoms with van der Waals surface area (Å²) in [5.74, 6) is -1.76. The molecule has 0 saturated carbocycles. The van der Waals surface area contributed by atoms with E-state index >= 15 is 0 Å². The summed E-state index contributed by atoms with van der Waals surface area (Å²) in [6.45, 7) is 3.74. The number of nitrogens with zero attached hydrogens (tertiary/aromatic N) is 3. The number of rotatable bonds is 11. The van der Waals surface area contributed by atoms with Crippen molar-refractivity contribution in [3.63, 3.8) is 0 Å². The Balaban J connectivity index is 1.71. The van der Waals surface area contributed by atoms with E-state index in [1.807, 2.05) is 0 Å². The first-order chi connectivity index (χ1) is 18.6. The minimum atomic E-state index is -4.51. The minimum Gasteiger partial charge on any atom is -0.486 e. The van der Waals surface area contributed by atoms with Crippen LogP contribution in [0, 0.1) is 0 Å². The first kappa shape index (κ1) is 29.2. The summed E-state index contributed by atoms with van der Waals surface area (Å²) in [6, 6.07) is 8.43. The standard InChI is InChI=1S/C25H23F3N4O6S/c1-4-10-32-20(13-38-17-7-5-6-16(12-17)25(26,27)28)30-31-24(32)39-14-21(33)29-19-11-15(22(34)36-2)8-9-18(19)23(35)37-3/h4-9,11-12H,1,10,13-14H2,2-3H3,(H,29,33). The molecule has 0 atom stereocenters. The number of hydrogen-bond donors (Lipinski definition) is 1. The Morgan fingerprint density at radius 2 is 1.82 bits per heavy atom. The van der Waals surface area contributed by atoms with Crippen molar-refractivity contribution >= 4 is 35.3 Å². The van der Waals surface area contributed by atoms with Crippen molar-refractivity contribution in [3.05, 3.63) is 77.6 Å². The lowest BCUT2D eigenvalue weighted by atomic mass is 10.1. The molecule has 0 bridgehead atoms. The largest absolute Gasteiger partial charge is 0.486 e. The first-order valence-electron chi connectivity index (χ1n) is 11.1. The van der Waals surface area contributed by atoms with Gasteiger partial charge >= 0.3 is 18.1 Å². The van der Waals surface area contributed by atoms with E-state index in [9.17, 15) is 27.6 Å². The number of nitrogens with one attached hydrogen (secondary N) is 1. The number of thioether (sulfide) groups is 1. The third kappa shape index (κ3) is 7.60. The molecular weight excluding hydrogens is 541 g/mol. The topological polar surface area (TPSA) is 122 Å². The van der Waals surface area contributed by atoms with Crippen molar-refractivity contribution in [3.8, 4) is 5.75 Å². The fourth-order valence-corrected chi connectivity index (χ4v) is 4.02. The van der Waals surface area contributed by atoms with Crippen LogP contribution in [0.5, 0.6) is 5.75 Å². The lowest BCUT2D eigenvalue weighted by molar-refractivity contribution is -0.137. The zero-order chi connectivity index (χ0) is 28.6. The number of amides is 1. The van der Waals surface area contributed by atoms with E-state index in [-0.39, 0.29) is 41.5 Å². The average molecular weight is 565 g/mol. The lowest BCUT2D eigenvalue weighted by Gasteiger charge is -2.12. The Hall–Kier alpha value is -4.33. The number of anilines is 1. The molecule has 0 radical (unpaired) electrons. The highest BCUT2D eigenvalue weighted by atomic mass is 32.2. The second-order valence-electron chi connectivity index (χ2n) is 7.69. The van der Waals surface area contributed by atoms with Gasteiger partial charge in [0.2, 0.25) is 5.91 Å². The highest BCUT2D eigenvalue weighted by Crippen LogP contribution is 2.31. The number of carbonyl (C=O) groups is 3. The third-order valence-corrected chi connectivity index (χ3v) is 6.05. The van der Waals surface area contributed by atoms with Crippen molar-refractivity contribution in [1.82, 2.24) is 14.8 Å². The van der Waals surface area contributed by atoms with Crippen LogP contribution in [0.2, 0.25) is 0 Å². The molecule has 2 aromatic carbocycles. The number of carbonyl (C=O) groups excluding carboxylic acids is 3. The van der Waals surface area contributed by atoms with Gasteiger partial charge in [0.15, 0.2) is 11.0 Å². The van der Waals surface area contributed by atoms with Gasteiger partial charge in [-0.3, -0.25) is 9.36 Å². The normalized spacial score (nSPS) is 11.0. The van der Waals surface area contributed by atoms with Crippen LogP contribution >= 0.6 is 11.8 Å². The summed E-state index contributed by atoms with van der Waals surface area (Å²) in [5.41, 5.74) is -0.642. The maximum atomic E-state index is 13.0. The summed E-state index contributed by atoms with van der Waals surface area (Å²) in [7, 11) is 2.38. The van der Waals surface area contributed by atoms with Crippen LogP contribution in [0.1, 0.15) is 32.1 Å². The maximum Gasteiger partial charge on any atom is 0.416 e. The molecule has 3 rings (SSSR count). The van der Waals surface area contributed by atoms with Gasteiger partial charge in [-0.15, -0.1) is 16.8 Å². The van der Waals surface area contributed by atoms with Crippen molar-refractivity contribution < 1.29 is 41.8 Å². The highest BCUT2D eigenvalue weighted by Gasteiger charge is 2.30. The monoisotopic (exact) mass is 564 g/mol. The molecule has 39 heavy (non-hydrogen) atoms. The second kappa shape index (κ2) is 13.0. The third-order valence-electron chi connectivity index (χ3n) is 5.09. The average Bonchev–Trinajstić information content (AvgIpc) is 3.30. The fraction of sp³-hybridized carbons (Fsp3) is 0.240. The van der Waals surface area contributed by atoms with E-state index in [1.54, 1.807) is 10.6 Å². The Bertz CT molecular complexity index is 1380. The van der Waals surface area contributed by atoms with E-state index in [0.29, 0.717) is 11.0 Å². The van der Waals surface area contributed by atoms with Crippen LogP contribution in [-0.4, -0.2) is 52.6 Å². The molecule has 10 nitrogen and oxygen atoms in total. The number of ether oxygens (including phenoxy) is 3. The fourth-order valence-electron chi connectivity index (χ4n) is 3.25. The molecule has 206 valence electrons. The van der Waals surface area contributed by atoms with Crippen molar-refractivity contribution in [2.75, 3.05) is 25.3 Å². The van der Waals surface area contributed by atoms with E-state index in [2.05, 4.69) is 26.8 Å². The van der Waals surface area contributed by atoms with Crippen LogP contribution in [0.4, 0.5) is 18.9 Å². The molecule has 0 fully saturated rings. The SMILES string of the molecule is C=CCn1c(COc2cccc(C(F)(F)F)c2)nnc1SCC(=O)Nc1cc(C(=O)OC)ccc1C(=O)OC. The van der Waals surface area contributed by atoms with E-state index in [0.717, 1.165) is 23.9 Å². The number of benzene rings is 2. The van der Waals surface area contributed by atoms with E-state index < -0.39 is 29.6 Å². The Kier molecular flexibility index (Phi) is 9.71. The zero-order valence-electron chi connectivity index (χ0n) is 20.8. The van der Waals surface area contributed by atoms with Crippen LogP contribution < -0.4 is 10.1 Å². The Morgan fingerprint density at radius 3 is 2.49 bits per heavy atom. The summed E-state index contributed by atoms with van der Waals surface area (Å²) in [6.07, 6.45) is -2.95. The molecule has 0 saturated heterocycles. The summed E-state index contributed by atoms with van der Waals surface area (Å²) in [5, 5.41) is 11.0. The molecule has 0 unspecified atom stereocenters. The van der Waals surface area contributed by atoms with Gasteiger partial charge in [-0.2, -0.15) is 13.2 Å². The Morgan fingerprint density at radius 1 is 1.08 bits per heavy atom. The van der Waals surface area contributed by atoms with Gasteiger partial charge in [-0.1, -0.05) is 23.9 Å². The van der Waals surface area contributed by atoms with Gasteiger partial charge in [0.1, 0.15) is 12.4 Å². The van der Waals surface area contributed by atoms with E-state index in [4.69, 9.17) is 9.47 Å². The number of hydrogen-bond acceptors (Lipinski definition) is 9. The van der Waals surface area contributed by atoms with Crippen LogP contribution in [-0.2, 0) is 33.6 Å². The van der Waals surface area contributed by atoms with E-state index in [1.165, 1.54) is 44.6 Å². The van der Waals surface area contributed by atoms with Crippen LogP contribution in [0.15, 0.2) is 60.3 Å². The molecule has 14 heteroatoms. The number of halogens is 3. The molecular formula is C25H23F3N4O6S. The van der Waals surface area contributed by atoms with Gasteiger partial charge in [-0.25, -0.2) is 9.59 Å². The second-order valence-corrected chi connectivity index (χ2v) is 8.64. The molecule has 0 aliphatic carbocycles. The molecule has 1 aromatic heterocycles. The van der Waals surface area contributed by atoms with Gasteiger partial charge in [-0.05, 0) is 36.4 Å². The smallest absolute Gasteiger partial charge is 0.416 e. The molecule has 0 aliphatic rings. The van der Waals surface area contributed by atoms with Crippen molar-refractivity contribution in [2.24, 2.45) is 0 Å². The van der Waals surface area contributed by atoms with Crippen molar-refractivity contribution in [2.45, 2.75) is 24.5 Å². The quantitative estimate of drug-likeness (QED) is 0.206. The number of allylic oxidation sites excluding steroid dienone is 1. The minimum absolute atomic E-state index is 0.00199. The highest BCUT2D eigenvalue weighted by molar-refractivity contribution is 7.99. The predicted molar refractivity (Wildman–Crippen MR) is 134 cm³/mol. The van der Waals surface area contributed by atoms with Crippen molar-refractivity contribution in [1.29, 1.82) is 0 Å². The van der Waals surface area contributed by atoms with Gasteiger partial charge < -0.3 is 19.5 Å². The summed E-state index contributed by atoms with van der Waals surface area (Å²) >= 11 is 1.02. The number of alkyl halides is 3. The predicted octanol–water partition coefficient (Wildman–Crippen LogP) is 4.37. The molecule has 0 spiro atoms. The molecule has 0 aliphatic heterocycles. The zero-order valence-corrected chi connectivity index (χ0v) is 21.6. The first-order valence-corrected chi connectivity index (χ1v) is 12.1.